The quantitative estimate of drug-likeness (QED) is 0.0412. The predicted molar refractivity (Wildman–Crippen MR) is 294 cm³/mol. The number of carbonyl (C=O) groups is 1. The summed E-state index contributed by atoms with van der Waals surface area (Å²) >= 11 is 0. The van der Waals surface area contributed by atoms with E-state index >= 15 is 8.78 Å². The summed E-state index contributed by atoms with van der Waals surface area (Å²) in [4.78, 5) is 56.8. The predicted octanol–water partition coefficient (Wildman–Crippen LogP) is 4.90. The largest absolute Gasteiger partial charge is 0.496 e. The Balaban J connectivity index is 0.000000166. The Bertz CT molecular complexity index is 3400. The number of nitro groups is 1. The second kappa shape index (κ2) is 22.6. The molecule has 4 aromatic carbocycles. The number of hydrogen-bond donors (Lipinski definition) is 2. The zero-order valence-electron chi connectivity index (χ0n) is 43.9. The van der Waals surface area contributed by atoms with Crippen LogP contribution in [0.15, 0.2) is 82.6 Å². The molecule has 6 aromatic rings. The molecule has 0 radical (unpaired) electrons. The van der Waals surface area contributed by atoms with Gasteiger partial charge in [0.1, 0.15) is 29.2 Å². The number of piperazine rings is 2. The number of aromatic nitrogens is 2. The Morgan fingerprint density at radius 2 is 1.26 bits per heavy atom. The van der Waals surface area contributed by atoms with Crippen molar-refractivity contribution in [1.29, 1.82) is 0 Å². The van der Waals surface area contributed by atoms with E-state index in [1.165, 1.54) is 19.1 Å². The van der Waals surface area contributed by atoms with Crippen molar-refractivity contribution in [2.24, 2.45) is 0 Å². The van der Waals surface area contributed by atoms with Crippen molar-refractivity contribution in [3.63, 3.8) is 0 Å². The van der Waals surface area contributed by atoms with Crippen molar-refractivity contribution in [1.82, 2.24) is 18.9 Å². The Labute approximate surface area is 450 Å². The number of nitrogens with zero attached hydrogens (tertiary/aromatic N) is 7. The van der Waals surface area contributed by atoms with Crippen LogP contribution in [0, 0.1) is 28.7 Å². The molecule has 2 aliphatic carbocycles. The van der Waals surface area contributed by atoms with E-state index < -0.39 is 43.1 Å². The van der Waals surface area contributed by atoms with Crippen LogP contribution in [0.1, 0.15) is 90.7 Å². The van der Waals surface area contributed by atoms with Gasteiger partial charge in [0.25, 0.3) is 0 Å². The van der Waals surface area contributed by atoms with Gasteiger partial charge in [0.05, 0.1) is 47.8 Å². The van der Waals surface area contributed by atoms with E-state index in [1.54, 1.807) is 37.4 Å². The van der Waals surface area contributed by atoms with Crippen molar-refractivity contribution in [2.75, 3.05) is 95.0 Å². The number of aryl methyl sites for hydroxylation is 1. The van der Waals surface area contributed by atoms with E-state index in [1.807, 2.05) is 39.9 Å². The summed E-state index contributed by atoms with van der Waals surface area (Å²) in [6, 6.07) is 17.9. The van der Waals surface area contributed by atoms with E-state index in [0.717, 1.165) is 94.3 Å². The van der Waals surface area contributed by atoms with E-state index in [9.17, 15) is 34.5 Å². The number of pyridine rings is 2. The number of anilines is 2. The number of Topliss-reactive ketones (excluding diaryl/α,β-unsaturated/α-hetero) is 1. The number of carbonyl (C=O) groups excluding carboxylic acids is 1. The molecule has 0 amide bonds. The molecule has 2 N–H and O–H groups in total. The third kappa shape index (κ3) is 11.2. The minimum atomic E-state index is -1.25. The molecule has 0 bridgehead atoms. The van der Waals surface area contributed by atoms with Crippen LogP contribution < -0.4 is 41.1 Å². The van der Waals surface area contributed by atoms with Crippen LogP contribution in [0.25, 0.3) is 21.8 Å². The number of fused-ring (bicyclic) bond motifs is 4. The van der Waals surface area contributed by atoms with Gasteiger partial charge >= 0.3 is 14.2 Å². The van der Waals surface area contributed by atoms with Crippen LogP contribution in [0.2, 0.25) is 0 Å². The molecular formula is C56H63B2F2N7O11. The summed E-state index contributed by atoms with van der Waals surface area (Å²) in [6.07, 6.45) is 8.49. The van der Waals surface area contributed by atoms with E-state index in [-0.39, 0.29) is 34.0 Å². The molecule has 408 valence electrons. The number of benzene rings is 4. The first-order valence-electron chi connectivity index (χ1n) is 27.1. The Hall–Kier alpha value is -6.68. The lowest BCUT2D eigenvalue weighted by Gasteiger charge is -2.36. The molecule has 1 unspecified atom stereocenters. The highest BCUT2D eigenvalue weighted by Crippen LogP contribution is 2.40. The monoisotopic (exact) mass is 1070 g/mol. The van der Waals surface area contributed by atoms with Crippen LogP contribution in [-0.4, -0.2) is 139 Å². The van der Waals surface area contributed by atoms with Gasteiger partial charge in [-0.3, -0.25) is 34.3 Å². The van der Waals surface area contributed by atoms with Crippen molar-refractivity contribution in [2.45, 2.75) is 77.2 Å². The fourth-order valence-electron chi connectivity index (χ4n) is 11.4. The molecule has 1 atom stereocenters. The van der Waals surface area contributed by atoms with Crippen LogP contribution in [0.3, 0.4) is 0 Å². The maximum absolute atomic E-state index is 15.3. The molecule has 2 aromatic heterocycles. The number of hydrogen-bond acceptors (Lipinski definition) is 15. The first kappa shape index (κ1) is 53.3. The minimum Gasteiger partial charge on any atom is -0.494 e. The van der Waals surface area contributed by atoms with Gasteiger partial charge in [-0.05, 0) is 99.9 Å². The summed E-state index contributed by atoms with van der Waals surface area (Å²) in [5.74, 6) is 0.0653. The first-order chi connectivity index (χ1) is 37.7. The van der Waals surface area contributed by atoms with E-state index in [2.05, 4.69) is 19.3 Å². The molecule has 2 saturated heterocycles. The summed E-state index contributed by atoms with van der Waals surface area (Å²) in [5.41, 5.74) is 5.54. The van der Waals surface area contributed by atoms with Crippen LogP contribution >= 0.6 is 0 Å². The normalized spacial score (nSPS) is 18.6. The SMILES string of the molecule is CC(=O)c1cn(C2CC2)c2cc(N3CCN(CCCOc4cccc5c4B(O)OC5)CC3)c(F)cc2c1=O.Cc1cn(C2CC2)c2cc(N3CCN(CCCOc4cccc5c4B(O)OC5C[N+](=O)[O-])CC3)c(F)cc2c1=O. The highest BCUT2D eigenvalue weighted by atomic mass is 19.1. The van der Waals surface area contributed by atoms with Gasteiger partial charge in [0.2, 0.25) is 6.54 Å². The molecule has 4 aliphatic heterocycles. The summed E-state index contributed by atoms with van der Waals surface area (Å²) in [5, 5.41) is 32.0. The Kier molecular flexibility index (Phi) is 15.4. The van der Waals surface area contributed by atoms with E-state index in [4.69, 9.17) is 18.8 Å². The summed E-state index contributed by atoms with van der Waals surface area (Å²) in [7, 11) is -2.18. The maximum Gasteiger partial charge on any atom is 0.496 e. The topological polar surface area (TPSA) is 195 Å². The van der Waals surface area contributed by atoms with Gasteiger partial charge in [-0.25, -0.2) is 8.78 Å². The molecule has 2 saturated carbocycles. The first-order valence-corrected chi connectivity index (χ1v) is 27.1. The lowest BCUT2D eigenvalue weighted by Crippen LogP contribution is -2.47. The number of ketones is 1. The van der Waals surface area contributed by atoms with Crippen LogP contribution in [-0.2, 0) is 15.9 Å². The van der Waals surface area contributed by atoms with Crippen molar-refractivity contribution in [3.05, 3.63) is 138 Å². The van der Waals surface area contributed by atoms with Crippen LogP contribution in [0.5, 0.6) is 11.5 Å². The highest BCUT2D eigenvalue weighted by Gasteiger charge is 2.40. The minimum absolute atomic E-state index is 0.108. The average Bonchev–Trinajstić information content (AvgIpc) is 4.51. The molecule has 4 fully saturated rings. The van der Waals surface area contributed by atoms with Crippen molar-refractivity contribution >= 4 is 64.1 Å². The fraction of sp³-hybridized carbons (Fsp3) is 0.446. The highest BCUT2D eigenvalue weighted by molar-refractivity contribution is 6.63. The third-order valence-corrected chi connectivity index (χ3v) is 15.9. The number of rotatable bonds is 17. The second-order valence-corrected chi connectivity index (χ2v) is 21.3. The molecule has 6 aliphatic rings. The van der Waals surface area contributed by atoms with Crippen molar-refractivity contribution < 1.29 is 47.3 Å². The molecule has 78 heavy (non-hydrogen) atoms. The van der Waals surface area contributed by atoms with E-state index in [0.29, 0.717) is 102 Å². The lowest BCUT2D eigenvalue weighted by atomic mass is 9.78. The maximum atomic E-state index is 15.3. The van der Waals surface area contributed by atoms with Gasteiger partial charge in [-0.1, -0.05) is 24.3 Å². The summed E-state index contributed by atoms with van der Waals surface area (Å²) in [6.45, 7) is 11.6. The van der Waals surface area contributed by atoms with Crippen LogP contribution in [0.4, 0.5) is 20.2 Å². The average molecular weight is 1070 g/mol. The Morgan fingerprint density at radius 1 is 0.731 bits per heavy atom. The molecule has 0 spiro atoms. The number of ether oxygens (including phenoxy) is 2. The lowest BCUT2D eigenvalue weighted by molar-refractivity contribution is -0.490. The number of halogens is 2. The molecule has 12 rings (SSSR count). The Morgan fingerprint density at radius 3 is 1.79 bits per heavy atom. The zero-order chi connectivity index (χ0) is 54.4. The second-order valence-electron chi connectivity index (χ2n) is 21.3. The van der Waals surface area contributed by atoms with Gasteiger partial charge in [0.15, 0.2) is 16.6 Å². The van der Waals surface area contributed by atoms with Gasteiger partial charge < -0.3 is 47.8 Å². The molecular weight excluding hydrogens is 1010 g/mol. The van der Waals surface area contributed by atoms with Gasteiger partial charge in [-0.15, -0.1) is 0 Å². The van der Waals surface area contributed by atoms with Gasteiger partial charge in [-0.2, -0.15) is 0 Å². The zero-order valence-corrected chi connectivity index (χ0v) is 43.9. The fourth-order valence-corrected chi connectivity index (χ4v) is 11.4. The molecule has 6 heterocycles. The third-order valence-electron chi connectivity index (χ3n) is 15.9. The standard InChI is InChI=1S/C28H32BFN4O6.C28H31BFN3O5/c1-18-16-33(19-6-7-19)23-15-24(22(30)14-21(23)28(18)35)32-11-9-31(10-12-32)8-3-13-39-25-5-2-4-20-26(17-34(37)38)40-29(36)27(20)25;1-18(34)22-16-33(20-6-7-20)24-15-25(23(30)14-21(24)28(22)35)32-11-9-31(10-12-32)8-3-13-37-26-5-2-4-19-17-38-29(36)27(19)26/h2,4-5,14-16,19,26,36H,3,6-13,17H2,1H3;2,4-5,14-16,20,36H,3,6-13,17H2,1H3. The molecule has 22 heteroatoms. The molecule has 18 nitrogen and oxygen atoms in total. The summed E-state index contributed by atoms with van der Waals surface area (Å²) < 4.78 is 57.1. The van der Waals surface area contributed by atoms with Gasteiger partial charge in [0, 0.05) is 122 Å². The smallest absolute Gasteiger partial charge is 0.494 e. The van der Waals surface area contributed by atoms with Crippen molar-refractivity contribution in [3.8, 4) is 11.5 Å².